The fourth-order valence-electron chi connectivity index (χ4n) is 0.870. The Bertz CT molecular complexity index is 417. The minimum atomic E-state index is -0.892. The number of primary amides is 1. The van der Waals surface area contributed by atoms with E-state index < -0.39 is 11.9 Å². The Kier molecular flexibility index (Phi) is 3.34. The van der Waals surface area contributed by atoms with Crippen LogP contribution >= 0.6 is 0 Å². The van der Waals surface area contributed by atoms with Gasteiger partial charge in [0.05, 0.1) is 6.54 Å². The number of imide groups is 1. The molecule has 0 fully saturated rings. The molecular weight excluding hydrogens is 200 g/mol. The molecule has 0 saturated carbocycles. The zero-order valence-corrected chi connectivity index (χ0v) is 7.67. The van der Waals surface area contributed by atoms with Crippen LogP contribution < -0.4 is 11.1 Å². The number of hydrogen-bond acceptors (Lipinski definition) is 5. The van der Waals surface area contributed by atoms with Gasteiger partial charge in [0.25, 0.3) is 5.82 Å². The van der Waals surface area contributed by atoms with Crippen LogP contribution in [-0.4, -0.2) is 26.7 Å². The summed E-state index contributed by atoms with van der Waals surface area (Å²) >= 11 is 0. The van der Waals surface area contributed by atoms with E-state index in [9.17, 15) is 9.59 Å². The average molecular weight is 208 g/mol. The van der Waals surface area contributed by atoms with E-state index in [0.29, 0.717) is 0 Å². The zero-order chi connectivity index (χ0) is 11.3. The highest BCUT2D eigenvalue weighted by Gasteiger charge is 2.05. The normalized spacial score (nSPS) is 9.27. The van der Waals surface area contributed by atoms with Crippen molar-refractivity contribution in [3.8, 4) is 6.07 Å². The van der Waals surface area contributed by atoms with Crippen molar-refractivity contribution in [1.82, 2.24) is 20.1 Å². The van der Waals surface area contributed by atoms with Gasteiger partial charge < -0.3 is 5.73 Å². The summed E-state index contributed by atoms with van der Waals surface area (Å²) in [5.41, 5.74) is 4.74. The number of nitrogens with one attached hydrogen (secondary N) is 1. The van der Waals surface area contributed by atoms with Crippen molar-refractivity contribution in [2.45, 2.75) is 13.0 Å². The van der Waals surface area contributed by atoms with Crippen molar-refractivity contribution in [1.29, 1.82) is 5.26 Å². The molecule has 3 N–H and O–H groups in total. The van der Waals surface area contributed by atoms with Crippen molar-refractivity contribution in [3.05, 3.63) is 12.2 Å². The molecule has 1 heterocycles. The van der Waals surface area contributed by atoms with Gasteiger partial charge in [-0.3, -0.25) is 14.8 Å². The van der Waals surface area contributed by atoms with Crippen LogP contribution in [0.5, 0.6) is 0 Å². The van der Waals surface area contributed by atoms with E-state index in [-0.39, 0.29) is 18.8 Å². The summed E-state index contributed by atoms with van der Waals surface area (Å²) < 4.78 is 1.33. The minimum Gasteiger partial charge on any atom is -0.351 e. The van der Waals surface area contributed by atoms with E-state index in [2.05, 4.69) is 10.1 Å². The predicted molar refractivity (Wildman–Crippen MR) is 47.1 cm³/mol. The lowest BCUT2D eigenvalue weighted by atomic mass is 10.4. The molecular formula is C7H8N6O2. The predicted octanol–water partition coefficient (Wildman–Crippen LogP) is -1.27. The highest BCUT2D eigenvalue weighted by atomic mass is 16.2. The van der Waals surface area contributed by atoms with Gasteiger partial charge in [0.15, 0.2) is 0 Å². The van der Waals surface area contributed by atoms with Crippen LogP contribution in [-0.2, 0) is 11.3 Å². The number of carbonyl (C=O) groups excluding carboxylic acids is 2. The van der Waals surface area contributed by atoms with Crippen LogP contribution in [0.25, 0.3) is 0 Å². The van der Waals surface area contributed by atoms with E-state index in [1.54, 1.807) is 6.07 Å². The molecule has 1 rings (SSSR count). The van der Waals surface area contributed by atoms with Gasteiger partial charge in [0.1, 0.15) is 12.4 Å². The summed E-state index contributed by atoms with van der Waals surface area (Å²) in [6.07, 6.45) is 1.37. The highest BCUT2D eigenvalue weighted by molar-refractivity contribution is 5.93. The van der Waals surface area contributed by atoms with E-state index in [0.717, 1.165) is 0 Å². The summed E-state index contributed by atoms with van der Waals surface area (Å²) in [6.45, 7) is 0.230. The van der Waals surface area contributed by atoms with Crippen molar-refractivity contribution < 1.29 is 9.59 Å². The molecule has 0 aliphatic rings. The quantitative estimate of drug-likeness (QED) is 0.640. The van der Waals surface area contributed by atoms with Gasteiger partial charge in [0, 0.05) is 6.42 Å². The molecule has 1 aromatic rings. The molecule has 0 aromatic carbocycles. The van der Waals surface area contributed by atoms with Gasteiger partial charge in [-0.1, -0.05) is 0 Å². The Labute approximate surface area is 84.7 Å². The van der Waals surface area contributed by atoms with Crippen LogP contribution in [0.3, 0.4) is 0 Å². The number of amides is 3. The SMILES string of the molecule is N#Cc1ncn(CCC(=O)NC(N)=O)n1. The first-order valence-corrected chi connectivity index (χ1v) is 4.00. The van der Waals surface area contributed by atoms with Gasteiger partial charge >= 0.3 is 6.03 Å². The van der Waals surface area contributed by atoms with Crippen molar-refractivity contribution in [2.24, 2.45) is 5.73 Å². The summed E-state index contributed by atoms with van der Waals surface area (Å²) in [5.74, 6) is -0.471. The summed E-state index contributed by atoms with van der Waals surface area (Å²) in [4.78, 5) is 24.9. The second-order valence-electron chi connectivity index (χ2n) is 2.61. The number of aryl methyl sites for hydroxylation is 1. The molecule has 3 amide bonds. The molecule has 8 nitrogen and oxygen atoms in total. The molecule has 8 heteroatoms. The van der Waals surface area contributed by atoms with Crippen LogP contribution in [0.4, 0.5) is 4.79 Å². The Balaban J connectivity index is 2.40. The Morgan fingerprint density at radius 2 is 2.40 bits per heavy atom. The number of nitrogens with two attached hydrogens (primary N) is 1. The largest absolute Gasteiger partial charge is 0.351 e. The standard InChI is InChI=1S/C7H8N6O2/c8-3-5-10-4-13(12-5)2-1-6(14)11-7(9)15/h4H,1-2H2,(H3,9,11,14,15). The van der Waals surface area contributed by atoms with Crippen LogP contribution in [0.2, 0.25) is 0 Å². The molecule has 15 heavy (non-hydrogen) atoms. The van der Waals surface area contributed by atoms with Gasteiger partial charge in [0.2, 0.25) is 5.91 Å². The van der Waals surface area contributed by atoms with Crippen molar-refractivity contribution >= 4 is 11.9 Å². The average Bonchev–Trinajstić information content (AvgIpc) is 2.61. The third-order valence-electron chi connectivity index (χ3n) is 1.47. The first kappa shape index (κ1) is 10.6. The first-order chi connectivity index (χ1) is 7.11. The summed E-state index contributed by atoms with van der Waals surface area (Å²) in [6, 6.07) is 0.857. The molecule has 1 aromatic heterocycles. The minimum absolute atomic E-state index is 0.0327. The van der Waals surface area contributed by atoms with Gasteiger partial charge in [-0.15, -0.1) is 5.10 Å². The molecule has 0 aliphatic heterocycles. The van der Waals surface area contributed by atoms with Gasteiger partial charge in [-0.05, 0) is 0 Å². The van der Waals surface area contributed by atoms with Gasteiger partial charge in [-0.2, -0.15) is 5.26 Å². The topological polar surface area (TPSA) is 127 Å². The van der Waals surface area contributed by atoms with Gasteiger partial charge in [-0.25, -0.2) is 9.78 Å². The fourth-order valence-corrected chi connectivity index (χ4v) is 0.870. The van der Waals surface area contributed by atoms with E-state index in [1.807, 2.05) is 5.32 Å². The molecule has 0 bridgehead atoms. The second-order valence-corrected chi connectivity index (χ2v) is 2.61. The monoisotopic (exact) mass is 208 g/mol. The lowest BCUT2D eigenvalue weighted by Gasteiger charge is -1.99. The first-order valence-electron chi connectivity index (χ1n) is 4.00. The fraction of sp³-hybridized carbons (Fsp3) is 0.286. The Hall–Kier alpha value is -2.43. The third kappa shape index (κ3) is 3.43. The maximum Gasteiger partial charge on any atom is 0.318 e. The number of hydrogen-bond donors (Lipinski definition) is 2. The Morgan fingerprint density at radius 1 is 1.67 bits per heavy atom. The molecule has 0 spiro atoms. The molecule has 0 atom stereocenters. The summed E-state index contributed by atoms with van der Waals surface area (Å²) in [7, 11) is 0. The van der Waals surface area contributed by atoms with Crippen LogP contribution in [0.15, 0.2) is 6.33 Å². The van der Waals surface area contributed by atoms with Crippen LogP contribution in [0.1, 0.15) is 12.2 Å². The number of urea groups is 1. The lowest BCUT2D eigenvalue weighted by Crippen LogP contribution is -2.35. The highest BCUT2D eigenvalue weighted by Crippen LogP contribution is 1.90. The second kappa shape index (κ2) is 4.71. The molecule has 0 radical (unpaired) electrons. The van der Waals surface area contributed by atoms with E-state index >= 15 is 0 Å². The summed E-state index contributed by atoms with van der Waals surface area (Å²) in [5, 5.41) is 14.1. The Morgan fingerprint density at radius 3 is 2.93 bits per heavy atom. The maximum atomic E-state index is 11.0. The van der Waals surface area contributed by atoms with Crippen molar-refractivity contribution in [2.75, 3.05) is 0 Å². The molecule has 0 saturated heterocycles. The number of rotatable bonds is 3. The number of carbonyl (C=O) groups is 2. The molecule has 78 valence electrons. The maximum absolute atomic E-state index is 11.0. The van der Waals surface area contributed by atoms with E-state index in [1.165, 1.54) is 11.0 Å². The smallest absolute Gasteiger partial charge is 0.318 e. The molecule has 0 aliphatic carbocycles. The third-order valence-corrected chi connectivity index (χ3v) is 1.47. The zero-order valence-electron chi connectivity index (χ0n) is 7.67. The number of aromatic nitrogens is 3. The lowest BCUT2D eigenvalue weighted by molar-refractivity contribution is -0.120. The number of nitrogens with zero attached hydrogens (tertiary/aromatic N) is 4. The number of nitriles is 1. The molecule has 0 unspecified atom stereocenters. The van der Waals surface area contributed by atoms with E-state index in [4.69, 9.17) is 11.0 Å². The van der Waals surface area contributed by atoms with Crippen LogP contribution in [0, 0.1) is 11.3 Å². The van der Waals surface area contributed by atoms with Crippen molar-refractivity contribution in [3.63, 3.8) is 0 Å².